The maximum absolute atomic E-state index is 12.5. The van der Waals surface area contributed by atoms with Crippen LogP contribution in [0.3, 0.4) is 0 Å². The van der Waals surface area contributed by atoms with Crippen molar-refractivity contribution >= 4 is 0 Å². The molecule has 0 aliphatic carbocycles. The molecule has 0 atom stereocenters. The van der Waals surface area contributed by atoms with Gasteiger partial charge in [-0.05, 0) is 6.42 Å². The normalized spacial score (nSPS) is 9.56. The lowest BCUT2D eigenvalue weighted by molar-refractivity contribution is 0.607. The van der Waals surface area contributed by atoms with Crippen molar-refractivity contribution in [3.8, 4) is 0 Å². The molecule has 1 aromatic heterocycles. The molecule has 0 aliphatic rings. The van der Waals surface area contributed by atoms with E-state index in [-0.39, 0.29) is 5.82 Å². The Morgan fingerprint density at radius 1 is 1.44 bits per heavy atom. The van der Waals surface area contributed by atoms with E-state index in [1.54, 1.807) is 13.3 Å². The second kappa shape index (κ2) is 2.53. The standard InChI is InChI=1S/C6H6FN2/c1-2-5-3-8-9-4-6(5)7/h2-4H,1H3. The monoisotopic (exact) mass is 125 g/mol. The summed E-state index contributed by atoms with van der Waals surface area (Å²) in [6.45, 7) is 1.75. The zero-order chi connectivity index (χ0) is 6.69. The van der Waals surface area contributed by atoms with Crippen LogP contribution in [0.5, 0.6) is 0 Å². The van der Waals surface area contributed by atoms with Gasteiger partial charge in [-0.25, -0.2) is 4.39 Å². The first-order valence-corrected chi connectivity index (χ1v) is 2.60. The second-order valence-electron chi connectivity index (χ2n) is 1.58. The average molecular weight is 125 g/mol. The lowest BCUT2D eigenvalue weighted by atomic mass is 10.2. The van der Waals surface area contributed by atoms with Crippen LogP contribution in [-0.2, 0) is 0 Å². The van der Waals surface area contributed by atoms with Gasteiger partial charge in [-0.3, -0.25) is 0 Å². The van der Waals surface area contributed by atoms with E-state index in [9.17, 15) is 4.39 Å². The summed E-state index contributed by atoms with van der Waals surface area (Å²) >= 11 is 0. The molecule has 1 radical (unpaired) electrons. The van der Waals surface area contributed by atoms with Crippen molar-refractivity contribution in [3.05, 3.63) is 30.2 Å². The summed E-state index contributed by atoms with van der Waals surface area (Å²) in [6.07, 6.45) is 4.12. The molecule has 0 bridgehead atoms. The van der Waals surface area contributed by atoms with Gasteiger partial charge in [0.05, 0.1) is 12.4 Å². The van der Waals surface area contributed by atoms with Crippen LogP contribution < -0.4 is 0 Å². The SMILES string of the molecule is C[CH]c1cnncc1F. The molecule has 47 valence electrons. The van der Waals surface area contributed by atoms with Crippen LogP contribution >= 0.6 is 0 Å². The van der Waals surface area contributed by atoms with Crippen molar-refractivity contribution in [2.75, 3.05) is 0 Å². The first-order valence-electron chi connectivity index (χ1n) is 2.60. The molecule has 1 heterocycles. The fourth-order valence-corrected chi connectivity index (χ4v) is 0.528. The number of rotatable bonds is 1. The molecule has 0 fully saturated rings. The third kappa shape index (κ3) is 1.22. The van der Waals surface area contributed by atoms with Crippen LogP contribution in [0.15, 0.2) is 12.4 Å². The van der Waals surface area contributed by atoms with Gasteiger partial charge in [-0.1, -0.05) is 6.92 Å². The van der Waals surface area contributed by atoms with Gasteiger partial charge in [0, 0.05) is 5.56 Å². The molecule has 1 aromatic rings. The predicted octanol–water partition coefficient (Wildman–Crippen LogP) is 1.19. The maximum Gasteiger partial charge on any atom is 0.148 e. The van der Waals surface area contributed by atoms with Crippen molar-refractivity contribution in [3.63, 3.8) is 0 Å². The first-order chi connectivity index (χ1) is 4.34. The smallest absolute Gasteiger partial charge is 0.148 e. The number of nitrogens with zero attached hydrogens (tertiary/aromatic N) is 2. The summed E-state index contributed by atoms with van der Waals surface area (Å²) in [4.78, 5) is 0. The molecule has 0 aromatic carbocycles. The van der Waals surface area contributed by atoms with Crippen LogP contribution in [0.1, 0.15) is 12.5 Å². The van der Waals surface area contributed by atoms with Crippen LogP contribution in [0.25, 0.3) is 0 Å². The molecule has 0 N–H and O–H groups in total. The van der Waals surface area contributed by atoms with E-state index in [1.165, 1.54) is 6.20 Å². The first kappa shape index (κ1) is 6.13. The van der Waals surface area contributed by atoms with Crippen molar-refractivity contribution in [2.45, 2.75) is 6.92 Å². The summed E-state index contributed by atoms with van der Waals surface area (Å²) < 4.78 is 12.5. The summed E-state index contributed by atoms with van der Waals surface area (Å²) in [6, 6.07) is 0. The topological polar surface area (TPSA) is 25.8 Å². The quantitative estimate of drug-likeness (QED) is 0.563. The Labute approximate surface area is 52.7 Å². The molecular weight excluding hydrogens is 119 g/mol. The Bertz CT molecular complexity index is 200. The highest BCUT2D eigenvalue weighted by Crippen LogP contribution is 2.03. The largest absolute Gasteiger partial charge is 0.205 e. The van der Waals surface area contributed by atoms with E-state index in [0.717, 1.165) is 6.20 Å². The maximum atomic E-state index is 12.5. The molecule has 1 rings (SSSR count). The van der Waals surface area contributed by atoms with Crippen LogP contribution in [0.4, 0.5) is 4.39 Å². The van der Waals surface area contributed by atoms with Crippen molar-refractivity contribution in [1.29, 1.82) is 0 Å². The van der Waals surface area contributed by atoms with Crippen molar-refractivity contribution in [1.82, 2.24) is 10.2 Å². The summed E-state index contributed by atoms with van der Waals surface area (Å²) in [5.41, 5.74) is 0.491. The minimum Gasteiger partial charge on any atom is -0.205 e. The van der Waals surface area contributed by atoms with Gasteiger partial charge < -0.3 is 0 Å². The number of hydrogen-bond donors (Lipinski definition) is 0. The van der Waals surface area contributed by atoms with Gasteiger partial charge in [0.25, 0.3) is 0 Å². The lowest BCUT2D eigenvalue weighted by Crippen LogP contribution is -1.88. The molecule has 0 saturated carbocycles. The van der Waals surface area contributed by atoms with E-state index < -0.39 is 0 Å². The van der Waals surface area contributed by atoms with Gasteiger partial charge in [-0.15, -0.1) is 0 Å². The molecule has 0 amide bonds. The number of hydrogen-bond acceptors (Lipinski definition) is 2. The Hall–Kier alpha value is -0.990. The van der Waals surface area contributed by atoms with Gasteiger partial charge in [-0.2, -0.15) is 10.2 Å². The highest BCUT2D eigenvalue weighted by Gasteiger charge is 1.96. The Morgan fingerprint density at radius 3 is 2.56 bits per heavy atom. The minimum absolute atomic E-state index is 0.326. The van der Waals surface area contributed by atoms with Gasteiger partial charge >= 0.3 is 0 Å². The van der Waals surface area contributed by atoms with Gasteiger partial charge in [0.2, 0.25) is 0 Å². The molecule has 0 spiro atoms. The third-order valence-electron chi connectivity index (χ3n) is 1.02. The van der Waals surface area contributed by atoms with Crippen LogP contribution in [-0.4, -0.2) is 10.2 Å². The van der Waals surface area contributed by atoms with Crippen LogP contribution in [0.2, 0.25) is 0 Å². The molecule has 3 heteroatoms. The molecule has 9 heavy (non-hydrogen) atoms. The third-order valence-corrected chi connectivity index (χ3v) is 1.02. The summed E-state index contributed by atoms with van der Waals surface area (Å²) in [5, 5.41) is 6.84. The molecule has 0 unspecified atom stereocenters. The Balaban J connectivity index is 3.01. The number of halogens is 1. The Kier molecular flexibility index (Phi) is 1.72. The lowest BCUT2D eigenvalue weighted by Gasteiger charge is -1.92. The Morgan fingerprint density at radius 2 is 2.11 bits per heavy atom. The van der Waals surface area contributed by atoms with Gasteiger partial charge in [0.15, 0.2) is 0 Å². The summed E-state index contributed by atoms with van der Waals surface area (Å²) in [7, 11) is 0. The van der Waals surface area contributed by atoms with Crippen molar-refractivity contribution < 1.29 is 4.39 Å². The molecule has 0 aliphatic heterocycles. The molecular formula is C6H6FN2. The predicted molar refractivity (Wildman–Crippen MR) is 31.1 cm³/mol. The second-order valence-corrected chi connectivity index (χ2v) is 1.58. The van der Waals surface area contributed by atoms with E-state index in [4.69, 9.17) is 0 Å². The van der Waals surface area contributed by atoms with E-state index >= 15 is 0 Å². The molecule has 0 saturated heterocycles. The average Bonchev–Trinajstić information content (AvgIpc) is 1.89. The van der Waals surface area contributed by atoms with Gasteiger partial charge in [0.1, 0.15) is 5.82 Å². The molecule has 2 nitrogen and oxygen atoms in total. The zero-order valence-electron chi connectivity index (χ0n) is 5.00. The van der Waals surface area contributed by atoms with Crippen LogP contribution in [0, 0.1) is 12.2 Å². The highest BCUT2D eigenvalue weighted by atomic mass is 19.1. The minimum atomic E-state index is -0.326. The number of aromatic nitrogens is 2. The fourth-order valence-electron chi connectivity index (χ4n) is 0.528. The summed E-state index contributed by atoms with van der Waals surface area (Å²) in [5.74, 6) is -0.326. The van der Waals surface area contributed by atoms with E-state index in [0.29, 0.717) is 5.56 Å². The van der Waals surface area contributed by atoms with E-state index in [1.807, 2.05) is 0 Å². The zero-order valence-corrected chi connectivity index (χ0v) is 5.00. The highest BCUT2D eigenvalue weighted by molar-refractivity contribution is 5.16. The fraction of sp³-hybridized carbons (Fsp3) is 0.167. The van der Waals surface area contributed by atoms with Crippen molar-refractivity contribution in [2.24, 2.45) is 0 Å². The van der Waals surface area contributed by atoms with E-state index in [2.05, 4.69) is 10.2 Å².